The lowest BCUT2D eigenvalue weighted by molar-refractivity contribution is -0.148. The highest BCUT2D eigenvalue weighted by molar-refractivity contribution is 5.84. The highest BCUT2D eigenvalue weighted by Crippen LogP contribution is 2.24. The summed E-state index contributed by atoms with van der Waals surface area (Å²) in [6, 6.07) is 0. The van der Waals surface area contributed by atoms with E-state index in [0.29, 0.717) is 37.4 Å². The molecular formula is C21H38F3N5O. The fourth-order valence-corrected chi connectivity index (χ4v) is 4.18. The maximum absolute atomic E-state index is 12.5. The first-order chi connectivity index (χ1) is 14.2. The van der Waals surface area contributed by atoms with Crippen LogP contribution >= 0.6 is 0 Å². The molecule has 1 saturated heterocycles. The quantitative estimate of drug-likeness (QED) is 0.457. The molecule has 0 bridgehead atoms. The number of carbonyl (C=O) groups is 1. The van der Waals surface area contributed by atoms with Crippen molar-refractivity contribution in [1.82, 2.24) is 20.4 Å². The number of nitrogens with one attached hydrogen (secondary N) is 2. The Labute approximate surface area is 178 Å². The third kappa shape index (κ3) is 10.00. The third-order valence-corrected chi connectivity index (χ3v) is 6.11. The largest absolute Gasteiger partial charge is 0.401 e. The normalized spacial score (nSPS) is 20.2. The first-order valence-corrected chi connectivity index (χ1v) is 11.2. The van der Waals surface area contributed by atoms with Gasteiger partial charge in [-0.1, -0.05) is 19.3 Å². The van der Waals surface area contributed by atoms with Gasteiger partial charge in [0.1, 0.15) is 6.54 Å². The van der Waals surface area contributed by atoms with Crippen LogP contribution < -0.4 is 10.6 Å². The SMILES string of the molecule is CN(C)C(=O)CN=C(NCCC1CCN(CC(F)(F)F)CC1)NCC1CCCCC1. The molecule has 0 atom stereocenters. The second-order valence-corrected chi connectivity index (χ2v) is 8.89. The van der Waals surface area contributed by atoms with Gasteiger partial charge in [-0.05, 0) is 57.0 Å². The van der Waals surface area contributed by atoms with Gasteiger partial charge in [-0.2, -0.15) is 13.2 Å². The zero-order valence-electron chi connectivity index (χ0n) is 18.4. The van der Waals surface area contributed by atoms with Gasteiger partial charge in [0.2, 0.25) is 5.91 Å². The summed E-state index contributed by atoms with van der Waals surface area (Å²) in [7, 11) is 3.43. The van der Waals surface area contributed by atoms with Crippen molar-refractivity contribution in [3.05, 3.63) is 0 Å². The van der Waals surface area contributed by atoms with Gasteiger partial charge in [-0.25, -0.2) is 4.99 Å². The van der Waals surface area contributed by atoms with E-state index in [0.717, 1.165) is 25.8 Å². The second kappa shape index (κ2) is 12.4. The van der Waals surface area contributed by atoms with Crippen LogP contribution in [-0.4, -0.2) is 81.2 Å². The van der Waals surface area contributed by atoms with E-state index >= 15 is 0 Å². The number of hydrogen-bond donors (Lipinski definition) is 2. The number of amides is 1. The number of guanidine groups is 1. The van der Waals surface area contributed by atoms with E-state index in [1.165, 1.54) is 41.9 Å². The summed E-state index contributed by atoms with van der Waals surface area (Å²) in [4.78, 5) is 19.3. The summed E-state index contributed by atoms with van der Waals surface area (Å²) < 4.78 is 37.5. The number of nitrogens with zero attached hydrogens (tertiary/aromatic N) is 3. The number of likely N-dealkylation sites (tertiary alicyclic amines) is 1. The van der Waals surface area contributed by atoms with E-state index in [9.17, 15) is 18.0 Å². The van der Waals surface area contributed by atoms with Crippen LogP contribution in [0.4, 0.5) is 13.2 Å². The van der Waals surface area contributed by atoms with E-state index in [-0.39, 0.29) is 12.5 Å². The van der Waals surface area contributed by atoms with Crippen LogP contribution in [0, 0.1) is 11.8 Å². The lowest BCUT2D eigenvalue weighted by Gasteiger charge is -2.32. The molecule has 1 aliphatic carbocycles. The van der Waals surface area contributed by atoms with Gasteiger partial charge in [0.15, 0.2) is 5.96 Å². The summed E-state index contributed by atoms with van der Waals surface area (Å²) in [5.41, 5.74) is 0. The first-order valence-electron chi connectivity index (χ1n) is 11.2. The number of piperidine rings is 1. The van der Waals surface area contributed by atoms with E-state index in [1.807, 2.05) is 0 Å². The van der Waals surface area contributed by atoms with Crippen LogP contribution in [0.5, 0.6) is 0 Å². The molecule has 2 fully saturated rings. The molecule has 0 spiro atoms. The molecule has 30 heavy (non-hydrogen) atoms. The average Bonchev–Trinajstić information content (AvgIpc) is 2.70. The van der Waals surface area contributed by atoms with E-state index in [4.69, 9.17) is 0 Å². The third-order valence-electron chi connectivity index (χ3n) is 6.11. The van der Waals surface area contributed by atoms with Crippen LogP contribution in [0.25, 0.3) is 0 Å². The standard InChI is InChI=1S/C21H38F3N5O/c1-28(2)19(30)15-27-20(26-14-18-6-4-3-5-7-18)25-11-8-17-9-12-29(13-10-17)16-21(22,23)24/h17-18H,3-16H2,1-2H3,(H2,25,26,27). The van der Waals surface area contributed by atoms with Gasteiger partial charge in [0.25, 0.3) is 0 Å². The summed E-state index contributed by atoms with van der Waals surface area (Å²) in [6.07, 6.45) is 4.68. The molecule has 2 aliphatic rings. The van der Waals surface area contributed by atoms with Crippen molar-refractivity contribution < 1.29 is 18.0 Å². The molecule has 6 nitrogen and oxygen atoms in total. The molecule has 1 amide bonds. The number of hydrogen-bond acceptors (Lipinski definition) is 3. The van der Waals surface area contributed by atoms with E-state index < -0.39 is 12.7 Å². The lowest BCUT2D eigenvalue weighted by Crippen LogP contribution is -2.43. The van der Waals surface area contributed by atoms with Gasteiger partial charge >= 0.3 is 6.18 Å². The molecule has 0 unspecified atom stereocenters. The minimum atomic E-state index is -4.12. The highest BCUT2D eigenvalue weighted by Gasteiger charge is 2.32. The van der Waals surface area contributed by atoms with Gasteiger partial charge < -0.3 is 15.5 Å². The van der Waals surface area contributed by atoms with Crippen LogP contribution in [-0.2, 0) is 4.79 Å². The van der Waals surface area contributed by atoms with E-state index in [1.54, 1.807) is 14.1 Å². The molecule has 2 rings (SSSR count). The van der Waals surface area contributed by atoms with Crippen molar-refractivity contribution in [2.45, 2.75) is 57.5 Å². The Morgan fingerprint density at radius 1 is 1.03 bits per heavy atom. The Bertz CT molecular complexity index is 539. The fourth-order valence-electron chi connectivity index (χ4n) is 4.18. The minimum Gasteiger partial charge on any atom is -0.356 e. The molecule has 0 radical (unpaired) electrons. The average molecular weight is 434 g/mol. The summed E-state index contributed by atoms with van der Waals surface area (Å²) >= 11 is 0. The number of rotatable bonds is 8. The zero-order valence-corrected chi connectivity index (χ0v) is 18.4. The molecule has 9 heteroatoms. The summed E-state index contributed by atoms with van der Waals surface area (Å²) in [5.74, 6) is 1.68. The number of carbonyl (C=O) groups excluding carboxylic acids is 1. The smallest absolute Gasteiger partial charge is 0.356 e. The van der Waals surface area contributed by atoms with E-state index in [2.05, 4.69) is 15.6 Å². The molecule has 0 aromatic carbocycles. The van der Waals surface area contributed by atoms with Crippen LogP contribution in [0.3, 0.4) is 0 Å². The van der Waals surface area contributed by atoms with Crippen LogP contribution in [0.2, 0.25) is 0 Å². The van der Waals surface area contributed by atoms with Crippen LogP contribution in [0.15, 0.2) is 4.99 Å². The maximum atomic E-state index is 12.5. The first kappa shape index (κ1) is 24.8. The molecule has 0 aromatic heterocycles. The topological polar surface area (TPSA) is 60.0 Å². The van der Waals surface area contributed by atoms with Crippen molar-refractivity contribution in [3.8, 4) is 0 Å². The van der Waals surface area contributed by atoms with Crippen molar-refractivity contribution in [2.75, 3.05) is 53.4 Å². The number of halogens is 3. The number of likely N-dealkylation sites (N-methyl/N-ethyl adjacent to an activating group) is 1. The van der Waals surface area contributed by atoms with Crippen molar-refractivity contribution >= 4 is 11.9 Å². The lowest BCUT2D eigenvalue weighted by atomic mass is 9.89. The summed E-state index contributed by atoms with van der Waals surface area (Å²) in [6.45, 7) is 1.86. The fraction of sp³-hybridized carbons (Fsp3) is 0.905. The molecular weight excluding hydrogens is 395 g/mol. The number of alkyl halides is 3. The number of aliphatic imine (C=N–C) groups is 1. The monoisotopic (exact) mass is 433 g/mol. The molecule has 1 saturated carbocycles. The van der Waals surface area contributed by atoms with Crippen molar-refractivity contribution in [3.63, 3.8) is 0 Å². The molecule has 0 aromatic rings. The molecule has 1 aliphatic heterocycles. The van der Waals surface area contributed by atoms with Crippen LogP contribution in [0.1, 0.15) is 51.4 Å². The molecule has 174 valence electrons. The van der Waals surface area contributed by atoms with Crippen molar-refractivity contribution in [2.24, 2.45) is 16.8 Å². The van der Waals surface area contributed by atoms with Gasteiger partial charge in [0.05, 0.1) is 6.54 Å². The molecule has 2 N–H and O–H groups in total. The Morgan fingerprint density at radius 2 is 1.70 bits per heavy atom. The minimum absolute atomic E-state index is 0.0502. The Morgan fingerprint density at radius 3 is 2.30 bits per heavy atom. The van der Waals surface area contributed by atoms with Crippen molar-refractivity contribution in [1.29, 1.82) is 0 Å². The predicted molar refractivity (Wildman–Crippen MR) is 113 cm³/mol. The highest BCUT2D eigenvalue weighted by atomic mass is 19.4. The van der Waals surface area contributed by atoms with Gasteiger partial charge in [0, 0.05) is 27.2 Å². The Hall–Kier alpha value is -1.51. The van der Waals surface area contributed by atoms with Gasteiger partial charge in [-0.3, -0.25) is 9.69 Å². The van der Waals surface area contributed by atoms with Gasteiger partial charge in [-0.15, -0.1) is 0 Å². The Balaban J connectivity index is 1.74. The zero-order chi connectivity index (χ0) is 22.0. The maximum Gasteiger partial charge on any atom is 0.401 e. The summed E-state index contributed by atoms with van der Waals surface area (Å²) in [5, 5.41) is 6.71. The Kier molecular flexibility index (Phi) is 10.2. The molecule has 1 heterocycles. The predicted octanol–water partition coefficient (Wildman–Crippen LogP) is 2.85. The second-order valence-electron chi connectivity index (χ2n) is 8.89.